The van der Waals surface area contributed by atoms with Gasteiger partial charge in [0.1, 0.15) is 0 Å². The number of hydrogen-bond donors (Lipinski definition) is 0. The zero-order chi connectivity index (χ0) is 6.81. The van der Waals surface area contributed by atoms with Crippen molar-refractivity contribution >= 4 is 0 Å². The van der Waals surface area contributed by atoms with Crippen LogP contribution < -0.4 is 0 Å². The average molecular weight is 133 g/mol. The van der Waals surface area contributed by atoms with Crippen LogP contribution in [0.25, 0.3) is 11.5 Å². The van der Waals surface area contributed by atoms with Crippen molar-refractivity contribution in [3.63, 3.8) is 0 Å². The molecule has 2 aromatic rings. The van der Waals surface area contributed by atoms with E-state index in [1.165, 1.54) is 0 Å². The monoisotopic (exact) mass is 133 g/mol. The van der Waals surface area contributed by atoms with E-state index in [1.807, 2.05) is 12.1 Å². The first-order valence-electron chi connectivity index (χ1n) is 2.96. The quantitative estimate of drug-likeness (QED) is 0.596. The maximum atomic E-state index is 5.06. The van der Waals surface area contributed by atoms with Crippen LogP contribution in [0.4, 0.5) is 0 Å². The van der Waals surface area contributed by atoms with Crippen molar-refractivity contribution < 1.29 is 8.83 Å². The van der Waals surface area contributed by atoms with Gasteiger partial charge in [-0.15, -0.1) is 0 Å². The number of furan rings is 2. The molecule has 0 saturated heterocycles. The normalized spacial score (nSPS) is 10.0. The van der Waals surface area contributed by atoms with Crippen LogP contribution in [0.5, 0.6) is 0 Å². The fraction of sp³-hybridized carbons (Fsp3) is 0. The summed E-state index contributed by atoms with van der Waals surface area (Å²) in [4.78, 5) is 0. The Balaban J connectivity index is 2.48. The molecule has 0 atom stereocenters. The number of rotatable bonds is 1. The Morgan fingerprint density at radius 1 is 1.20 bits per heavy atom. The minimum absolute atomic E-state index is 0.713. The molecule has 2 heterocycles. The summed E-state index contributed by atoms with van der Waals surface area (Å²) in [6.07, 6.45) is 4.19. The van der Waals surface area contributed by atoms with Crippen molar-refractivity contribution in [3.05, 3.63) is 36.8 Å². The minimum atomic E-state index is 0.713. The molecule has 0 aromatic carbocycles. The van der Waals surface area contributed by atoms with Crippen LogP contribution in [0.3, 0.4) is 0 Å². The zero-order valence-electron chi connectivity index (χ0n) is 5.20. The van der Waals surface area contributed by atoms with Gasteiger partial charge in [-0.05, 0) is 24.3 Å². The fourth-order valence-corrected chi connectivity index (χ4v) is 0.792. The molecule has 0 bridgehead atoms. The van der Waals surface area contributed by atoms with E-state index in [-0.39, 0.29) is 0 Å². The van der Waals surface area contributed by atoms with E-state index in [0.29, 0.717) is 5.76 Å². The molecule has 0 spiro atoms. The van der Waals surface area contributed by atoms with Crippen molar-refractivity contribution in [3.8, 4) is 11.5 Å². The fourth-order valence-electron chi connectivity index (χ4n) is 0.792. The van der Waals surface area contributed by atoms with Crippen molar-refractivity contribution in [2.24, 2.45) is 0 Å². The Morgan fingerprint density at radius 3 is 2.80 bits per heavy atom. The Kier molecular flexibility index (Phi) is 1.10. The highest BCUT2D eigenvalue weighted by atomic mass is 16.4. The van der Waals surface area contributed by atoms with Crippen LogP contribution in [0, 0.1) is 6.26 Å². The molecular weight excluding hydrogens is 128 g/mol. The summed E-state index contributed by atoms with van der Waals surface area (Å²) < 4.78 is 10.0. The molecule has 0 fully saturated rings. The maximum Gasteiger partial charge on any atom is 0.170 e. The lowest BCUT2D eigenvalue weighted by atomic mass is 10.3. The van der Waals surface area contributed by atoms with Crippen molar-refractivity contribution in [1.29, 1.82) is 0 Å². The van der Waals surface area contributed by atoms with Crippen LogP contribution in [0.2, 0.25) is 0 Å². The summed E-state index contributed by atoms with van der Waals surface area (Å²) in [5.74, 6) is 1.45. The first kappa shape index (κ1) is 5.35. The third kappa shape index (κ3) is 0.739. The van der Waals surface area contributed by atoms with Gasteiger partial charge >= 0.3 is 0 Å². The van der Waals surface area contributed by atoms with E-state index in [2.05, 4.69) is 6.26 Å². The molecule has 2 rings (SSSR count). The van der Waals surface area contributed by atoms with Gasteiger partial charge in [-0.25, -0.2) is 0 Å². The van der Waals surface area contributed by atoms with Crippen LogP contribution in [-0.2, 0) is 0 Å². The van der Waals surface area contributed by atoms with Crippen molar-refractivity contribution in [1.82, 2.24) is 0 Å². The first-order valence-corrected chi connectivity index (χ1v) is 2.96. The summed E-state index contributed by atoms with van der Waals surface area (Å²) >= 11 is 0. The van der Waals surface area contributed by atoms with Gasteiger partial charge in [0.05, 0.1) is 6.26 Å². The zero-order valence-corrected chi connectivity index (χ0v) is 5.20. The lowest BCUT2D eigenvalue weighted by molar-refractivity contribution is 0.520. The topological polar surface area (TPSA) is 26.3 Å². The third-order valence-electron chi connectivity index (χ3n) is 1.24. The second-order valence-corrected chi connectivity index (χ2v) is 1.89. The SMILES string of the molecule is [c]1ccc(-c2ccco2)o1. The highest BCUT2D eigenvalue weighted by Crippen LogP contribution is 2.18. The minimum Gasteiger partial charge on any atom is -0.461 e. The van der Waals surface area contributed by atoms with E-state index in [1.54, 1.807) is 18.4 Å². The lowest BCUT2D eigenvalue weighted by Gasteiger charge is -1.84. The molecule has 0 unspecified atom stereocenters. The molecule has 2 nitrogen and oxygen atoms in total. The highest BCUT2D eigenvalue weighted by molar-refractivity contribution is 5.48. The molecule has 0 aliphatic heterocycles. The maximum absolute atomic E-state index is 5.06. The average Bonchev–Trinajstić information content (AvgIpc) is 2.59. The summed E-state index contributed by atoms with van der Waals surface area (Å²) in [6, 6.07) is 7.17. The predicted molar refractivity (Wildman–Crippen MR) is 35.2 cm³/mol. The molecule has 2 heteroatoms. The van der Waals surface area contributed by atoms with E-state index >= 15 is 0 Å². The largest absolute Gasteiger partial charge is 0.461 e. The van der Waals surface area contributed by atoms with Crippen LogP contribution >= 0.6 is 0 Å². The van der Waals surface area contributed by atoms with Gasteiger partial charge in [0.25, 0.3) is 0 Å². The van der Waals surface area contributed by atoms with E-state index in [0.717, 1.165) is 5.76 Å². The molecule has 0 aliphatic rings. The van der Waals surface area contributed by atoms with Gasteiger partial charge in [0.2, 0.25) is 0 Å². The second-order valence-electron chi connectivity index (χ2n) is 1.89. The summed E-state index contributed by atoms with van der Waals surface area (Å²) in [7, 11) is 0. The van der Waals surface area contributed by atoms with E-state index < -0.39 is 0 Å². The predicted octanol–water partition coefficient (Wildman–Crippen LogP) is 2.34. The van der Waals surface area contributed by atoms with Crippen LogP contribution in [-0.4, -0.2) is 0 Å². The van der Waals surface area contributed by atoms with Crippen molar-refractivity contribution in [2.75, 3.05) is 0 Å². The van der Waals surface area contributed by atoms with E-state index in [9.17, 15) is 0 Å². The van der Waals surface area contributed by atoms with Gasteiger partial charge in [0.15, 0.2) is 17.8 Å². The van der Waals surface area contributed by atoms with Gasteiger partial charge in [-0.3, -0.25) is 0 Å². The number of hydrogen-bond acceptors (Lipinski definition) is 2. The van der Waals surface area contributed by atoms with Gasteiger partial charge in [0, 0.05) is 0 Å². The summed E-state index contributed by atoms with van der Waals surface area (Å²) in [5.41, 5.74) is 0. The Hall–Kier alpha value is -1.44. The van der Waals surface area contributed by atoms with Gasteiger partial charge in [-0.2, -0.15) is 0 Å². The second kappa shape index (κ2) is 2.06. The smallest absolute Gasteiger partial charge is 0.170 e. The molecule has 2 aromatic heterocycles. The Labute approximate surface area is 58.1 Å². The molecule has 0 aliphatic carbocycles. The summed E-state index contributed by atoms with van der Waals surface area (Å²) in [6.45, 7) is 0. The lowest BCUT2D eigenvalue weighted by Crippen LogP contribution is -1.61. The molecule has 0 N–H and O–H groups in total. The van der Waals surface area contributed by atoms with Crippen LogP contribution in [0.15, 0.2) is 39.4 Å². The van der Waals surface area contributed by atoms with Crippen LogP contribution in [0.1, 0.15) is 0 Å². The van der Waals surface area contributed by atoms with Crippen molar-refractivity contribution in [2.45, 2.75) is 0 Å². The third-order valence-corrected chi connectivity index (χ3v) is 1.24. The molecule has 1 radical (unpaired) electrons. The molecule has 49 valence electrons. The van der Waals surface area contributed by atoms with Gasteiger partial charge in [-0.1, -0.05) is 0 Å². The Morgan fingerprint density at radius 2 is 2.20 bits per heavy atom. The first-order chi connectivity index (χ1) is 4.97. The Bertz CT molecular complexity index is 247. The molecule has 0 amide bonds. The van der Waals surface area contributed by atoms with E-state index in [4.69, 9.17) is 8.83 Å². The summed E-state index contributed by atoms with van der Waals surface area (Å²) in [5, 5.41) is 0. The standard InChI is InChI=1S/C8H5O2/c1-3-7(9-5-1)8-4-2-6-10-8/h1-5H. The molecular formula is C8H5O2. The van der Waals surface area contributed by atoms with Gasteiger partial charge < -0.3 is 8.83 Å². The highest BCUT2D eigenvalue weighted by Gasteiger charge is 2.00. The molecule has 0 saturated carbocycles. The molecule has 10 heavy (non-hydrogen) atoms.